The molecule has 1 aromatic carbocycles. The van der Waals surface area contributed by atoms with E-state index in [1.54, 1.807) is 6.92 Å². The molecular weight excluding hydrogens is 294 g/mol. The maximum Gasteiger partial charge on any atom is 0.291 e. The van der Waals surface area contributed by atoms with Crippen molar-refractivity contribution in [3.05, 3.63) is 28.3 Å². The van der Waals surface area contributed by atoms with E-state index >= 15 is 0 Å². The van der Waals surface area contributed by atoms with E-state index in [0.29, 0.717) is 0 Å². The number of benzene rings is 1. The van der Waals surface area contributed by atoms with Crippen molar-refractivity contribution in [1.29, 1.82) is 0 Å². The van der Waals surface area contributed by atoms with Gasteiger partial charge in [-0.2, -0.15) is 4.31 Å². The number of sulfonamides is 1. The first-order valence-electron chi connectivity index (χ1n) is 6.41. The predicted molar refractivity (Wildman–Crippen MR) is 81.4 cm³/mol. The molecule has 0 aromatic heterocycles. The molecule has 7 nitrogen and oxygen atoms in total. The second-order valence-corrected chi connectivity index (χ2v) is 8.01. The Hall–Kier alpha value is -1.67. The van der Waals surface area contributed by atoms with E-state index in [9.17, 15) is 18.5 Å². The van der Waals surface area contributed by atoms with E-state index < -0.39 is 20.6 Å². The van der Waals surface area contributed by atoms with Gasteiger partial charge in [-0.25, -0.2) is 8.42 Å². The molecule has 0 saturated heterocycles. The van der Waals surface area contributed by atoms with Crippen LogP contribution in [0.5, 0.6) is 0 Å². The van der Waals surface area contributed by atoms with E-state index in [2.05, 4.69) is 0 Å². The number of hydrogen-bond acceptors (Lipinski definition) is 5. The number of nitrogen functional groups attached to an aromatic ring is 1. The summed E-state index contributed by atoms with van der Waals surface area (Å²) in [6.07, 6.45) is 0. The van der Waals surface area contributed by atoms with Crippen molar-refractivity contribution in [2.24, 2.45) is 5.41 Å². The van der Waals surface area contributed by atoms with Crippen molar-refractivity contribution in [3.8, 4) is 0 Å². The molecule has 0 radical (unpaired) electrons. The summed E-state index contributed by atoms with van der Waals surface area (Å²) in [5, 5.41) is 11.1. The largest absolute Gasteiger partial charge is 0.399 e. The monoisotopic (exact) mass is 315 g/mol. The Kier molecular flexibility index (Phi) is 4.64. The molecule has 0 heterocycles. The molecule has 118 valence electrons. The molecule has 0 bridgehead atoms. The minimum Gasteiger partial charge on any atom is -0.399 e. The lowest BCUT2D eigenvalue weighted by atomic mass is 9.88. The van der Waals surface area contributed by atoms with Crippen molar-refractivity contribution in [1.82, 2.24) is 4.31 Å². The molecule has 8 heteroatoms. The van der Waals surface area contributed by atoms with Crippen LogP contribution in [0.15, 0.2) is 23.1 Å². The summed E-state index contributed by atoms with van der Waals surface area (Å²) in [6.45, 7) is 7.48. The van der Waals surface area contributed by atoms with E-state index in [0.717, 1.165) is 10.4 Å². The SMILES string of the molecule is CC(N(C)S(=O)(=O)c1ccc(N)cc1[N+](=O)[O-])C(C)(C)C. The van der Waals surface area contributed by atoms with Crippen molar-refractivity contribution >= 4 is 21.4 Å². The number of nitrogens with zero attached hydrogens (tertiary/aromatic N) is 2. The number of rotatable bonds is 4. The van der Waals surface area contributed by atoms with Gasteiger partial charge < -0.3 is 5.73 Å². The van der Waals surface area contributed by atoms with Gasteiger partial charge in [0.15, 0.2) is 4.90 Å². The van der Waals surface area contributed by atoms with Crippen molar-refractivity contribution in [2.75, 3.05) is 12.8 Å². The van der Waals surface area contributed by atoms with Crippen LogP contribution in [-0.4, -0.2) is 30.7 Å². The van der Waals surface area contributed by atoms with Crippen LogP contribution in [0, 0.1) is 15.5 Å². The Morgan fingerprint density at radius 3 is 2.29 bits per heavy atom. The van der Waals surface area contributed by atoms with Gasteiger partial charge in [0.1, 0.15) is 0 Å². The van der Waals surface area contributed by atoms with Crippen LogP contribution >= 0.6 is 0 Å². The Labute approximate surface area is 124 Å². The van der Waals surface area contributed by atoms with Crippen molar-refractivity contribution in [3.63, 3.8) is 0 Å². The number of nitrogens with two attached hydrogens (primary N) is 1. The first-order chi connectivity index (χ1) is 9.39. The zero-order chi connectivity index (χ0) is 16.6. The minimum absolute atomic E-state index is 0.146. The van der Waals surface area contributed by atoms with Crippen LogP contribution in [0.1, 0.15) is 27.7 Å². The third-order valence-electron chi connectivity index (χ3n) is 3.64. The highest BCUT2D eigenvalue weighted by atomic mass is 32.2. The smallest absolute Gasteiger partial charge is 0.291 e. The van der Waals surface area contributed by atoms with E-state index in [1.165, 1.54) is 19.2 Å². The molecule has 21 heavy (non-hydrogen) atoms. The zero-order valence-corrected chi connectivity index (χ0v) is 13.6. The molecule has 1 aromatic rings. The lowest BCUT2D eigenvalue weighted by Crippen LogP contribution is -2.43. The second-order valence-electron chi connectivity index (χ2n) is 6.05. The molecule has 0 aliphatic carbocycles. The van der Waals surface area contributed by atoms with E-state index in [-0.39, 0.29) is 22.0 Å². The standard InChI is InChI=1S/C13H21N3O4S/c1-9(13(2,3)4)15(5)21(19,20)12-7-6-10(14)8-11(12)16(17)18/h6-9H,14H2,1-5H3. The molecular formula is C13H21N3O4S. The van der Waals surface area contributed by atoms with Crippen LogP contribution in [-0.2, 0) is 10.0 Å². The van der Waals surface area contributed by atoms with Crippen molar-refractivity contribution < 1.29 is 13.3 Å². The average Bonchev–Trinajstić information content (AvgIpc) is 2.35. The molecule has 0 aliphatic rings. The summed E-state index contributed by atoms with van der Waals surface area (Å²) in [4.78, 5) is 9.99. The molecule has 0 aliphatic heterocycles. The lowest BCUT2D eigenvalue weighted by Gasteiger charge is -2.34. The van der Waals surface area contributed by atoms with Crippen LogP contribution in [0.2, 0.25) is 0 Å². The Morgan fingerprint density at radius 2 is 1.86 bits per heavy atom. The van der Waals surface area contributed by atoms with Gasteiger partial charge in [-0.1, -0.05) is 20.8 Å². The van der Waals surface area contributed by atoms with Crippen LogP contribution < -0.4 is 5.73 Å². The topological polar surface area (TPSA) is 107 Å². The summed E-state index contributed by atoms with van der Waals surface area (Å²) >= 11 is 0. The molecule has 0 fully saturated rings. The van der Waals surface area contributed by atoms with Gasteiger partial charge >= 0.3 is 0 Å². The highest BCUT2D eigenvalue weighted by molar-refractivity contribution is 7.89. The average molecular weight is 315 g/mol. The van der Waals surface area contributed by atoms with Crippen LogP contribution in [0.25, 0.3) is 0 Å². The fourth-order valence-electron chi connectivity index (χ4n) is 1.80. The van der Waals surface area contributed by atoms with E-state index in [1.807, 2.05) is 20.8 Å². The number of nitro groups is 1. The molecule has 0 saturated carbocycles. The summed E-state index contributed by atoms with van der Waals surface area (Å²) in [5.41, 5.74) is 4.83. The first-order valence-corrected chi connectivity index (χ1v) is 7.85. The van der Waals surface area contributed by atoms with Gasteiger partial charge in [-0.15, -0.1) is 0 Å². The highest BCUT2D eigenvalue weighted by Crippen LogP contribution is 2.32. The van der Waals surface area contributed by atoms with Gasteiger partial charge in [-0.3, -0.25) is 10.1 Å². The summed E-state index contributed by atoms with van der Waals surface area (Å²) in [5.74, 6) is 0. The zero-order valence-electron chi connectivity index (χ0n) is 12.8. The first kappa shape index (κ1) is 17.4. The highest BCUT2D eigenvalue weighted by Gasteiger charge is 2.36. The van der Waals surface area contributed by atoms with E-state index in [4.69, 9.17) is 5.73 Å². The molecule has 1 rings (SSSR count). The molecule has 1 atom stereocenters. The number of hydrogen-bond donors (Lipinski definition) is 1. The van der Waals surface area contributed by atoms with Crippen LogP contribution in [0.4, 0.5) is 11.4 Å². The normalized spacial score (nSPS) is 14.2. The number of anilines is 1. The molecule has 0 spiro atoms. The van der Waals surface area contributed by atoms with Crippen LogP contribution in [0.3, 0.4) is 0 Å². The number of nitro benzene ring substituents is 1. The maximum atomic E-state index is 12.6. The third-order valence-corrected chi connectivity index (χ3v) is 5.61. The van der Waals surface area contributed by atoms with Gasteiger partial charge in [0.2, 0.25) is 10.0 Å². The summed E-state index contributed by atoms with van der Waals surface area (Å²) < 4.78 is 26.4. The lowest BCUT2D eigenvalue weighted by molar-refractivity contribution is -0.387. The minimum atomic E-state index is -3.98. The Balaban J connectivity index is 3.42. The van der Waals surface area contributed by atoms with Gasteiger partial charge in [0, 0.05) is 24.8 Å². The molecule has 0 amide bonds. The van der Waals surface area contributed by atoms with Gasteiger partial charge in [-0.05, 0) is 24.5 Å². The summed E-state index contributed by atoms with van der Waals surface area (Å²) in [7, 11) is -2.56. The Morgan fingerprint density at radius 1 is 1.33 bits per heavy atom. The predicted octanol–water partition coefficient (Wildman–Crippen LogP) is 2.23. The molecule has 2 N–H and O–H groups in total. The van der Waals surface area contributed by atoms with Gasteiger partial charge in [0.05, 0.1) is 4.92 Å². The fraction of sp³-hybridized carbons (Fsp3) is 0.538. The quantitative estimate of drug-likeness (QED) is 0.521. The fourth-order valence-corrected chi connectivity index (χ4v) is 3.48. The second kappa shape index (κ2) is 5.61. The summed E-state index contributed by atoms with van der Waals surface area (Å²) in [6, 6.07) is 3.24. The third kappa shape index (κ3) is 3.51. The van der Waals surface area contributed by atoms with Gasteiger partial charge in [0.25, 0.3) is 5.69 Å². The maximum absolute atomic E-state index is 12.6. The van der Waals surface area contributed by atoms with Crippen molar-refractivity contribution in [2.45, 2.75) is 38.6 Å². The molecule has 1 unspecified atom stereocenters. The Bertz CT molecular complexity index is 650.